The number of rotatable bonds is 20. The highest BCUT2D eigenvalue weighted by Gasteiger charge is 2.56. The van der Waals surface area contributed by atoms with Crippen LogP contribution in [0.5, 0.6) is 11.5 Å². The van der Waals surface area contributed by atoms with Gasteiger partial charge in [0, 0.05) is 31.3 Å². The van der Waals surface area contributed by atoms with Gasteiger partial charge in [0.15, 0.2) is 0 Å². The summed E-state index contributed by atoms with van der Waals surface area (Å²) in [5.74, 6) is -2.73. The fraction of sp³-hybridized carbons (Fsp3) is 0.636. The lowest BCUT2D eigenvalue weighted by Gasteiger charge is -2.33. The maximum atomic E-state index is 14.7. The van der Waals surface area contributed by atoms with Gasteiger partial charge >= 0.3 is 0 Å². The number of carbonyl (C=O) groups is 4. The standard InChI is InChI=1S/C44H62F2N6O10S2/c1-7-27(2)42(54)48-34(44(56)50-23-21-36-41(50)39(26-52(36)64(6,59)60)62-33-18-14-31(46)15-19-33)11-9-8-10-29(24-37(53)28(3)47-4)43(55)49-22-20-35-40(49)38(25-51(35)63(5,57)58)61-32-16-12-30(45)13-17-32/h12-19,27-29,34-36,38-41,47H,7-11,20-26H2,1-6H3,(H,48,54)/t27-,28+,29-,34+,35-,36-,38+,39+,40+,41+/m1/s1. The van der Waals surface area contributed by atoms with Crippen LogP contribution < -0.4 is 20.1 Å². The van der Waals surface area contributed by atoms with Gasteiger partial charge in [-0.2, -0.15) is 8.61 Å². The van der Waals surface area contributed by atoms with E-state index in [0.717, 1.165) is 12.5 Å². The summed E-state index contributed by atoms with van der Waals surface area (Å²) in [7, 11) is -5.75. The maximum absolute atomic E-state index is 14.7. The number of likely N-dealkylation sites (tertiary alicyclic amines) is 2. The predicted octanol–water partition coefficient (Wildman–Crippen LogP) is 2.92. The Labute approximate surface area is 375 Å². The highest BCUT2D eigenvalue weighted by Crippen LogP contribution is 2.39. The van der Waals surface area contributed by atoms with Crippen LogP contribution in [0.25, 0.3) is 0 Å². The van der Waals surface area contributed by atoms with E-state index in [9.17, 15) is 44.8 Å². The summed E-state index contributed by atoms with van der Waals surface area (Å²) < 4.78 is 94.4. The normalized spacial score (nSPS) is 25.6. The first-order chi connectivity index (χ1) is 30.2. The Morgan fingerprint density at radius 3 is 1.62 bits per heavy atom. The minimum absolute atomic E-state index is 0.0164. The van der Waals surface area contributed by atoms with Crippen molar-refractivity contribution in [3.63, 3.8) is 0 Å². The van der Waals surface area contributed by atoms with E-state index in [2.05, 4.69) is 10.6 Å². The number of likely N-dealkylation sites (N-methyl/N-ethyl adjacent to an activating group) is 1. The Morgan fingerprint density at radius 2 is 1.19 bits per heavy atom. The number of carbonyl (C=O) groups excluding carboxylic acids is 4. The number of sulfonamides is 2. The Kier molecular flexibility index (Phi) is 15.8. The topological polar surface area (TPSA) is 192 Å². The van der Waals surface area contributed by atoms with Gasteiger partial charge in [-0.3, -0.25) is 19.2 Å². The zero-order valence-electron chi connectivity index (χ0n) is 37.3. The molecule has 4 aliphatic rings. The van der Waals surface area contributed by atoms with Crippen molar-refractivity contribution in [1.29, 1.82) is 0 Å². The fourth-order valence-corrected chi connectivity index (χ4v) is 11.9. The summed E-state index contributed by atoms with van der Waals surface area (Å²) in [4.78, 5) is 59.3. The second-order valence-corrected chi connectivity index (χ2v) is 21.5. The molecule has 0 aromatic heterocycles. The third kappa shape index (κ3) is 11.2. The van der Waals surface area contributed by atoms with E-state index in [1.165, 1.54) is 57.1 Å². The molecule has 0 radical (unpaired) electrons. The maximum Gasteiger partial charge on any atom is 0.245 e. The third-order valence-electron chi connectivity index (χ3n) is 13.4. The summed E-state index contributed by atoms with van der Waals surface area (Å²) in [6.07, 6.45) is 3.00. The highest BCUT2D eigenvalue weighted by atomic mass is 32.2. The van der Waals surface area contributed by atoms with Crippen LogP contribution in [-0.4, -0.2) is 153 Å². The first-order valence-corrected chi connectivity index (χ1v) is 25.8. The van der Waals surface area contributed by atoms with Gasteiger partial charge in [-0.05, 0) is 94.6 Å². The highest BCUT2D eigenvalue weighted by molar-refractivity contribution is 7.88. The van der Waals surface area contributed by atoms with E-state index in [0.29, 0.717) is 43.6 Å². The van der Waals surface area contributed by atoms with E-state index < -0.39 is 97.9 Å². The van der Waals surface area contributed by atoms with Crippen molar-refractivity contribution in [3.8, 4) is 11.5 Å². The second-order valence-electron chi connectivity index (χ2n) is 17.7. The fourth-order valence-electron chi connectivity index (χ4n) is 9.66. The van der Waals surface area contributed by atoms with Crippen LogP contribution in [0.3, 0.4) is 0 Å². The minimum Gasteiger partial charge on any atom is -0.487 e. The van der Waals surface area contributed by atoms with Gasteiger partial charge in [-0.25, -0.2) is 25.6 Å². The summed E-state index contributed by atoms with van der Waals surface area (Å²) in [6, 6.07) is 6.66. The molecule has 4 heterocycles. The first kappa shape index (κ1) is 49.2. The van der Waals surface area contributed by atoms with E-state index in [-0.39, 0.29) is 63.0 Å². The molecule has 3 amide bonds. The summed E-state index contributed by atoms with van der Waals surface area (Å²) in [5, 5.41) is 5.88. The average molecular weight is 937 g/mol. The van der Waals surface area contributed by atoms with Crippen molar-refractivity contribution in [2.24, 2.45) is 11.8 Å². The van der Waals surface area contributed by atoms with Crippen molar-refractivity contribution in [1.82, 2.24) is 29.0 Å². The van der Waals surface area contributed by atoms with Crippen LogP contribution in [0.15, 0.2) is 48.5 Å². The van der Waals surface area contributed by atoms with Crippen molar-refractivity contribution in [2.75, 3.05) is 45.7 Å². The molecule has 354 valence electrons. The van der Waals surface area contributed by atoms with Gasteiger partial charge in [-0.1, -0.05) is 26.7 Å². The molecule has 2 N–H and O–H groups in total. The van der Waals surface area contributed by atoms with Gasteiger partial charge < -0.3 is 29.9 Å². The average Bonchev–Trinajstić information content (AvgIpc) is 4.04. The molecular formula is C44H62F2N6O10S2. The van der Waals surface area contributed by atoms with Crippen LogP contribution in [0.1, 0.15) is 72.1 Å². The number of ketones is 1. The number of nitrogens with one attached hydrogen (secondary N) is 2. The van der Waals surface area contributed by atoms with E-state index >= 15 is 0 Å². The molecule has 6 rings (SSSR count). The predicted molar refractivity (Wildman–Crippen MR) is 234 cm³/mol. The number of hydrogen-bond donors (Lipinski definition) is 2. The van der Waals surface area contributed by atoms with E-state index in [1.54, 1.807) is 30.7 Å². The monoisotopic (exact) mass is 936 g/mol. The number of fused-ring (bicyclic) bond motifs is 2. The van der Waals surface area contributed by atoms with Crippen LogP contribution in [0, 0.1) is 23.5 Å². The molecule has 2 aromatic rings. The number of Topliss-reactive ketones (excluding diaryl/α,β-unsaturated/α-hetero) is 1. The van der Waals surface area contributed by atoms with Crippen molar-refractivity contribution in [2.45, 2.75) is 121 Å². The van der Waals surface area contributed by atoms with Gasteiger partial charge in [-0.15, -0.1) is 0 Å². The first-order valence-electron chi connectivity index (χ1n) is 22.1. The Morgan fingerprint density at radius 1 is 0.734 bits per heavy atom. The molecule has 4 aliphatic heterocycles. The second kappa shape index (κ2) is 20.5. The van der Waals surface area contributed by atoms with Crippen LogP contribution in [0.2, 0.25) is 0 Å². The quantitative estimate of drug-likeness (QED) is 0.186. The molecule has 4 fully saturated rings. The lowest BCUT2D eigenvalue weighted by molar-refractivity contribution is -0.140. The molecule has 0 spiro atoms. The number of benzene rings is 2. The number of amides is 3. The third-order valence-corrected chi connectivity index (χ3v) is 15.9. The number of halogens is 2. The summed E-state index contributed by atoms with van der Waals surface area (Å²) in [5.41, 5.74) is 0. The van der Waals surface area contributed by atoms with Crippen LogP contribution >= 0.6 is 0 Å². The molecule has 64 heavy (non-hydrogen) atoms. The molecule has 0 saturated carbocycles. The molecule has 2 aromatic carbocycles. The summed E-state index contributed by atoms with van der Waals surface area (Å²) in [6.45, 7) is 5.72. The zero-order valence-corrected chi connectivity index (χ0v) is 39.0. The Balaban J connectivity index is 1.20. The Hall–Kier alpha value is -4.24. The van der Waals surface area contributed by atoms with Gasteiger partial charge in [0.1, 0.15) is 47.2 Å². The minimum atomic E-state index is -3.70. The largest absolute Gasteiger partial charge is 0.487 e. The lowest BCUT2D eigenvalue weighted by atomic mass is 9.91. The number of ether oxygens (including phenoxy) is 2. The molecule has 4 saturated heterocycles. The van der Waals surface area contributed by atoms with Gasteiger partial charge in [0.25, 0.3) is 0 Å². The summed E-state index contributed by atoms with van der Waals surface area (Å²) >= 11 is 0. The van der Waals surface area contributed by atoms with Crippen LogP contribution in [0.4, 0.5) is 8.78 Å². The van der Waals surface area contributed by atoms with Crippen molar-refractivity contribution < 1.29 is 54.3 Å². The van der Waals surface area contributed by atoms with Gasteiger partial charge in [0.2, 0.25) is 37.8 Å². The Bertz CT molecular complexity index is 2070. The molecule has 10 atom stereocenters. The number of nitrogens with zero attached hydrogens (tertiary/aromatic N) is 4. The van der Waals surface area contributed by atoms with Crippen molar-refractivity contribution >= 4 is 43.6 Å². The molecule has 20 heteroatoms. The SMILES string of the molecule is CC[C@@H](C)C(=O)N[C@@H](CCCC[C@H](CC(=O)[C@H](C)NC)C(=O)N1CC[C@@H]2[C@H]1[C@@H](Oc1ccc(F)cc1)CN2S(C)(=O)=O)C(=O)N1CC[C@@H]2[C@H]1[C@@H](Oc1ccc(F)cc1)CN2S(C)(=O)=O. The number of unbranched alkanes of at least 4 members (excludes halogenated alkanes) is 1. The van der Waals surface area contributed by atoms with E-state index in [1.807, 2.05) is 6.92 Å². The zero-order chi connectivity index (χ0) is 46.7. The smallest absolute Gasteiger partial charge is 0.245 e. The molecule has 0 aliphatic carbocycles. The molecule has 16 nitrogen and oxygen atoms in total. The molecule has 0 unspecified atom stereocenters. The lowest BCUT2D eigenvalue weighted by Crippen LogP contribution is -2.54. The van der Waals surface area contributed by atoms with Gasteiger partial charge in [0.05, 0.1) is 55.8 Å². The van der Waals surface area contributed by atoms with Crippen molar-refractivity contribution in [3.05, 3.63) is 60.2 Å². The molecular weight excluding hydrogens is 875 g/mol. The van der Waals surface area contributed by atoms with Crippen LogP contribution in [-0.2, 0) is 39.2 Å². The van der Waals surface area contributed by atoms with E-state index in [4.69, 9.17) is 9.47 Å². The number of hydrogen-bond acceptors (Lipinski definition) is 11. The molecule has 0 bridgehead atoms.